The van der Waals surface area contributed by atoms with Crippen LogP contribution < -0.4 is 26.6 Å². The number of allylic oxidation sites excluding steroid dienone is 2. The molecule has 1 saturated heterocycles. The van der Waals surface area contributed by atoms with Gasteiger partial charge in [0.05, 0.1) is 6.61 Å². The summed E-state index contributed by atoms with van der Waals surface area (Å²) in [6.45, 7) is 29.4. The molecule has 1 fully saturated rings. The summed E-state index contributed by atoms with van der Waals surface area (Å²) >= 11 is 0. The molecule has 0 bridgehead atoms. The van der Waals surface area contributed by atoms with Crippen LogP contribution in [0.25, 0.3) is 0 Å². The van der Waals surface area contributed by atoms with E-state index in [1.54, 1.807) is 61.5 Å². The van der Waals surface area contributed by atoms with E-state index in [1.807, 2.05) is 66.6 Å². The number of rotatable bonds is 21. The predicted octanol–water partition coefficient (Wildman–Crippen LogP) is 3.44. The molecule has 0 unspecified atom stereocenters. The fourth-order valence-electron chi connectivity index (χ4n) is 11.9. The van der Waals surface area contributed by atoms with Gasteiger partial charge in [-0.3, -0.25) is 57.5 Å². The Morgan fingerprint density at radius 2 is 0.979 bits per heavy atom. The number of likely N-dealkylation sites (N-methyl/N-ethyl adjacent to an activating group) is 6. The maximum absolute atomic E-state index is 15.6. The molecule has 14 atom stereocenters. The zero-order valence-electron chi connectivity index (χ0n) is 61.8. The Morgan fingerprint density at radius 3 is 1.45 bits per heavy atom. The molecule has 1 rings (SSSR count). The molecule has 26 nitrogen and oxygen atoms in total. The number of methoxy groups -OCH3 is 1. The van der Waals surface area contributed by atoms with E-state index in [0.29, 0.717) is 13.0 Å². The highest BCUT2D eigenvalue weighted by atomic mass is 16.5. The van der Waals surface area contributed by atoms with Crippen LogP contribution in [0.4, 0.5) is 0 Å². The maximum atomic E-state index is 15.6. The summed E-state index contributed by atoms with van der Waals surface area (Å²) in [4.78, 5) is 186. The van der Waals surface area contributed by atoms with Crippen molar-refractivity contribution in [3.05, 3.63) is 12.2 Å². The molecule has 0 spiro atoms. The van der Waals surface area contributed by atoms with Gasteiger partial charge in [0.1, 0.15) is 72.6 Å². The van der Waals surface area contributed by atoms with Crippen molar-refractivity contribution in [3.63, 3.8) is 0 Å². The van der Waals surface area contributed by atoms with E-state index in [0.717, 1.165) is 4.90 Å². The number of nitrogens with one attached hydrogen (secondary N) is 5. The minimum absolute atomic E-state index is 0.0310. The van der Waals surface area contributed by atoms with Crippen LogP contribution in [0.15, 0.2) is 12.2 Å². The first-order valence-electron chi connectivity index (χ1n) is 33.6. The average Bonchev–Trinajstić information content (AvgIpc) is 0.811. The molecule has 0 aromatic heterocycles. The molecule has 0 aliphatic carbocycles. The molecule has 1 heterocycles. The zero-order valence-corrected chi connectivity index (χ0v) is 61.8. The quantitative estimate of drug-likeness (QED) is 0.0812. The first-order valence-corrected chi connectivity index (χ1v) is 33.6. The third-order valence-corrected chi connectivity index (χ3v) is 17.5. The molecule has 1 aliphatic rings. The van der Waals surface area contributed by atoms with Crippen molar-refractivity contribution in [2.24, 2.45) is 41.4 Å². The highest BCUT2D eigenvalue weighted by Gasteiger charge is 2.47. The van der Waals surface area contributed by atoms with Gasteiger partial charge in [-0.25, -0.2) is 0 Å². The summed E-state index contributed by atoms with van der Waals surface area (Å²) in [5, 5.41) is 14.0. The van der Waals surface area contributed by atoms with E-state index in [4.69, 9.17) is 9.47 Å². The van der Waals surface area contributed by atoms with E-state index in [-0.39, 0.29) is 62.9 Å². The average molecular weight is 1330 g/mol. The maximum Gasteiger partial charge on any atom is 0.303 e. The first kappa shape index (κ1) is 85.3. The summed E-state index contributed by atoms with van der Waals surface area (Å²) in [6.07, 6.45) is 3.37. The highest BCUT2D eigenvalue weighted by molar-refractivity contribution is 6.00. The zero-order chi connectivity index (χ0) is 72.7. The Morgan fingerprint density at radius 1 is 0.521 bits per heavy atom. The third kappa shape index (κ3) is 24.8. The normalized spacial score (nSPS) is 26.4. The lowest BCUT2D eigenvalue weighted by Gasteiger charge is -2.42. The smallest absolute Gasteiger partial charge is 0.303 e. The number of nitrogens with zero attached hydrogens (tertiary/aromatic N) is 7. The third-order valence-electron chi connectivity index (χ3n) is 17.5. The lowest BCUT2D eigenvalue weighted by molar-refractivity contribution is -0.164. The van der Waals surface area contributed by atoms with Crippen molar-refractivity contribution < 1.29 is 67.0 Å². The fraction of sp³-hybridized carbons (Fsp3) is 0.794. The van der Waals surface area contributed by atoms with Gasteiger partial charge in [-0.15, -0.1) is 0 Å². The van der Waals surface area contributed by atoms with Crippen LogP contribution in [0.5, 0.6) is 0 Å². The van der Waals surface area contributed by atoms with Gasteiger partial charge in [0.25, 0.3) is 0 Å². The molecular weight excluding hydrogens is 1210 g/mol. The summed E-state index contributed by atoms with van der Waals surface area (Å²) < 4.78 is 11.5. The number of carbonyl (C=O) groups is 12. The molecule has 0 aromatic carbocycles. The topological polar surface area (TPSA) is 306 Å². The molecule has 26 heteroatoms. The van der Waals surface area contributed by atoms with Gasteiger partial charge < -0.3 is 70.4 Å². The number of hydrogen-bond donors (Lipinski definition) is 5. The summed E-state index contributed by atoms with van der Waals surface area (Å²) in [7, 11) is 13.6. The largest absolute Gasteiger partial charge is 0.459 e. The summed E-state index contributed by atoms with van der Waals surface area (Å²) in [6, 6.07) is -14.2. The minimum Gasteiger partial charge on any atom is -0.459 e. The van der Waals surface area contributed by atoms with Crippen LogP contribution >= 0.6 is 0 Å². The van der Waals surface area contributed by atoms with Crippen molar-refractivity contribution in [3.8, 4) is 0 Å². The van der Waals surface area contributed by atoms with Crippen molar-refractivity contribution in [2.75, 3.05) is 76.6 Å². The molecule has 0 aromatic rings. The Hall–Kier alpha value is -6.70. The second-order valence-electron chi connectivity index (χ2n) is 28.2. The second kappa shape index (κ2) is 40.0. The van der Waals surface area contributed by atoms with Gasteiger partial charge in [-0.05, 0) is 122 Å². The van der Waals surface area contributed by atoms with Gasteiger partial charge in [0.2, 0.25) is 65.0 Å². The van der Waals surface area contributed by atoms with E-state index in [1.165, 1.54) is 94.7 Å². The number of amides is 11. The van der Waals surface area contributed by atoms with Gasteiger partial charge in [0, 0.05) is 62.2 Å². The lowest BCUT2D eigenvalue weighted by Crippen LogP contribution is -2.64. The van der Waals surface area contributed by atoms with Crippen molar-refractivity contribution >= 4 is 70.9 Å². The Kier molecular flexibility index (Phi) is 36.3. The molecule has 0 radical (unpaired) electrons. The second-order valence-corrected chi connectivity index (χ2v) is 28.2. The summed E-state index contributed by atoms with van der Waals surface area (Å²) in [5.41, 5.74) is 0. The highest BCUT2D eigenvalue weighted by Crippen LogP contribution is 2.27. The van der Waals surface area contributed by atoms with Gasteiger partial charge in [-0.1, -0.05) is 102 Å². The lowest BCUT2D eigenvalue weighted by atomic mass is 9.91. The van der Waals surface area contributed by atoms with Crippen molar-refractivity contribution in [1.82, 2.24) is 60.9 Å². The molecule has 11 amide bonds. The first-order chi connectivity index (χ1) is 43.6. The number of esters is 1. The Bertz CT molecular complexity index is 2580. The van der Waals surface area contributed by atoms with E-state index < -0.39 is 167 Å². The van der Waals surface area contributed by atoms with E-state index >= 15 is 28.8 Å². The monoisotopic (exact) mass is 1330 g/mol. The summed E-state index contributed by atoms with van der Waals surface area (Å²) in [5.74, 6) is -11.7. The molecular formula is C68H122N12O14. The molecule has 0 saturated carbocycles. The van der Waals surface area contributed by atoms with Crippen LogP contribution in [0, 0.1) is 41.4 Å². The minimum atomic E-state index is -1.64. The Labute approximate surface area is 562 Å². The van der Waals surface area contributed by atoms with Crippen molar-refractivity contribution in [2.45, 2.75) is 235 Å². The molecule has 1 aliphatic heterocycles. The Balaban J connectivity index is 4.62. The van der Waals surface area contributed by atoms with E-state index in [2.05, 4.69) is 26.6 Å². The molecule has 538 valence electrons. The van der Waals surface area contributed by atoms with Gasteiger partial charge in [-0.2, -0.15) is 0 Å². The predicted molar refractivity (Wildman–Crippen MR) is 362 cm³/mol. The van der Waals surface area contributed by atoms with Crippen LogP contribution in [0.3, 0.4) is 0 Å². The van der Waals surface area contributed by atoms with Crippen molar-refractivity contribution in [1.29, 1.82) is 0 Å². The van der Waals surface area contributed by atoms with Crippen LogP contribution in [-0.2, 0) is 67.0 Å². The number of hydrogen-bond acceptors (Lipinski definition) is 15. The fourth-order valence-corrected chi connectivity index (χ4v) is 11.9. The number of carbonyl (C=O) groups excluding carboxylic acids is 12. The van der Waals surface area contributed by atoms with Crippen LogP contribution in [-0.4, -0.2) is 254 Å². The SMILES string of the molecule is C/C=C/C[C@@H](C)[C@@H](OC(C)=O)[C@H]1C(=O)N[C@@H](CC)C(=O)N(C)[C@H](CCCN(C)C)C(=O)N[C@@H]([C@H](C)COC)C(=O)N[C@@H](C(C)C)C(=O)N(C)[C@@H](CC(C)C)C(=O)N[C@@H](C)C(=O)N[C@H](C)C(=O)N(C)[C@@H](CC(C)C)C(=O)N(C)[C@@H](CC(C)C)C(=O)N(C)[C@@H](C(C)C)C(=O)N1C. The van der Waals surface area contributed by atoms with Crippen LogP contribution in [0.2, 0.25) is 0 Å². The van der Waals surface area contributed by atoms with Crippen LogP contribution in [0.1, 0.15) is 163 Å². The van der Waals surface area contributed by atoms with Gasteiger partial charge >= 0.3 is 5.97 Å². The van der Waals surface area contributed by atoms with E-state index in [9.17, 15) is 28.8 Å². The molecule has 5 N–H and O–H groups in total. The van der Waals surface area contributed by atoms with Gasteiger partial charge in [0.15, 0.2) is 0 Å². The number of ether oxygens (including phenoxy) is 2. The molecule has 94 heavy (non-hydrogen) atoms. The standard InChI is InChI=1S/C68H122N12O14/c1-27-29-31-43(13)57(94-47(17)81)56-62(86)71-48(28-2)64(88)75(20)49(32-30-33-74(18)19)59(83)73-54(44(14)37-93-26)61(85)72-53(41(9)10)67(91)76(21)50(34-38(3)4)60(84)69-45(15)58(82)70-46(16)63(87)77(22)51(35-39(5)6)65(89)78(23)52(36-40(7)8)66(90)79(24)55(42(11)12)68(92)80(56)25/h27,29,38-46,48-57H,28,30-37H2,1-26H3,(H,69,84)(H,70,82)(H,71,86)(H,72,85)(H,73,83)/b29-27+/t43-,44-,45+,46-,48+,49-,50+,51+,52+,53+,54+,55+,56+,57-/m1/s1.